The maximum absolute atomic E-state index is 12.3. The van der Waals surface area contributed by atoms with Gasteiger partial charge in [-0.05, 0) is 38.7 Å². The van der Waals surface area contributed by atoms with Gasteiger partial charge in [0.1, 0.15) is 0 Å². The van der Waals surface area contributed by atoms with Crippen molar-refractivity contribution in [2.24, 2.45) is 5.92 Å². The van der Waals surface area contributed by atoms with Gasteiger partial charge in [0.05, 0.1) is 23.1 Å². The van der Waals surface area contributed by atoms with Gasteiger partial charge in [0.2, 0.25) is 0 Å². The molecule has 1 heterocycles. The number of anilines is 1. The van der Waals surface area contributed by atoms with E-state index >= 15 is 0 Å². The summed E-state index contributed by atoms with van der Waals surface area (Å²) < 4.78 is 0. The van der Waals surface area contributed by atoms with E-state index in [0.29, 0.717) is 17.2 Å². The van der Waals surface area contributed by atoms with Crippen molar-refractivity contribution in [3.05, 3.63) is 23.5 Å². The van der Waals surface area contributed by atoms with E-state index in [1.807, 2.05) is 18.7 Å². The van der Waals surface area contributed by atoms with Crippen LogP contribution in [0.25, 0.3) is 0 Å². The molecular weight excluding hydrogens is 214 g/mol. The topological polar surface area (TPSA) is 59.2 Å². The average molecular weight is 233 g/mol. The van der Waals surface area contributed by atoms with Crippen LogP contribution >= 0.6 is 0 Å². The Bertz CT molecular complexity index is 427. The van der Waals surface area contributed by atoms with Gasteiger partial charge in [-0.3, -0.25) is 9.78 Å². The maximum Gasteiger partial charge on any atom is 0.255 e. The number of amides is 1. The minimum absolute atomic E-state index is 0.0525. The molecule has 1 aromatic rings. The van der Waals surface area contributed by atoms with E-state index in [-0.39, 0.29) is 5.91 Å². The number of carbonyl (C=O) groups is 1. The number of carbonyl (C=O) groups excluding carboxylic acids is 1. The minimum atomic E-state index is 0.0525. The maximum atomic E-state index is 12.3. The van der Waals surface area contributed by atoms with Crippen LogP contribution in [0.1, 0.15) is 35.8 Å². The highest BCUT2D eigenvalue weighted by atomic mass is 16.2. The van der Waals surface area contributed by atoms with Crippen LogP contribution in [-0.4, -0.2) is 28.9 Å². The van der Waals surface area contributed by atoms with E-state index in [4.69, 9.17) is 5.73 Å². The minimum Gasteiger partial charge on any atom is -0.397 e. The summed E-state index contributed by atoms with van der Waals surface area (Å²) in [5, 5.41) is 0. The fourth-order valence-corrected chi connectivity index (χ4v) is 1.90. The van der Waals surface area contributed by atoms with E-state index in [9.17, 15) is 4.79 Å². The molecule has 2 N–H and O–H groups in total. The zero-order valence-electron chi connectivity index (χ0n) is 10.4. The molecule has 0 aliphatic heterocycles. The van der Waals surface area contributed by atoms with Crippen molar-refractivity contribution in [3.8, 4) is 0 Å². The lowest BCUT2D eigenvalue weighted by Crippen LogP contribution is -2.33. The number of hydrogen-bond donors (Lipinski definition) is 1. The van der Waals surface area contributed by atoms with Crippen LogP contribution in [0, 0.1) is 12.8 Å². The highest BCUT2D eigenvalue weighted by Gasteiger charge is 2.27. The van der Waals surface area contributed by atoms with Crippen LogP contribution in [-0.2, 0) is 0 Å². The van der Waals surface area contributed by atoms with Crippen LogP contribution in [0.3, 0.4) is 0 Å². The Morgan fingerprint density at radius 2 is 2.29 bits per heavy atom. The highest BCUT2D eigenvalue weighted by Crippen LogP contribution is 2.30. The Morgan fingerprint density at radius 1 is 1.59 bits per heavy atom. The van der Waals surface area contributed by atoms with Gasteiger partial charge in [-0.15, -0.1) is 0 Å². The van der Waals surface area contributed by atoms with E-state index in [0.717, 1.165) is 18.8 Å². The first-order chi connectivity index (χ1) is 8.11. The van der Waals surface area contributed by atoms with Crippen LogP contribution < -0.4 is 5.73 Å². The van der Waals surface area contributed by atoms with Crippen molar-refractivity contribution in [1.29, 1.82) is 0 Å². The van der Waals surface area contributed by atoms with Crippen LogP contribution in [0.15, 0.2) is 12.3 Å². The predicted octanol–water partition coefficient (Wildman–Crippen LogP) is 1.84. The van der Waals surface area contributed by atoms with Crippen molar-refractivity contribution in [2.45, 2.75) is 26.7 Å². The Hall–Kier alpha value is -1.58. The van der Waals surface area contributed by atoms with Crippen molar-refractivity contribution in [3.63, 3.8) is 0 Å². The molecule has 0 unspecified atom stereocenters. The summed E-state index contributed by atoms with van der Waals surface area (Å²) in [4.78, 5) is 18.4. The normalized spacial score (nSPS) is 14.7. The fraction of sp³-hybridized carbons (Fsp3) is 0.538. The van der Waals surface area contributed by atoms with Crippen LogP contribution in [0.2, 0.25) is 0 Å². The van der Waals surface area contributed by atoms with E-state index in [1.54, 1.807) is 12.3 Å². The van der Waals surface area contributed by atoms with Gasteiger partial charge in [0, 0.05) is 13.1 Å². The lowest BCUT2D eigenvalue weighted by atomic mass is 10.1. The fourth-order valence-electron chi connectivity index (χ4n) is 1.90. The van der Waals surface area contributed by atoms with Gasteiger partial charge >= 0.3 is 0 Å². The molecule has 2 rings (SSSR count). The quantitative estimate of drug-likeness (QED) is 0.863. The second-order valence-corrected chi connectivity index (χ2v) is 4.69. The molecule has 0 radical (unpaired) electrons. The SMILES string of the molecule is CCN(CC1CC1)C(=O)c1cc(N)cnc1C. The van der Waals surface area contributed by atoms with Gasteiger partial charge in [-0.1, -0.05) is 0 Å². The average Bonchev–Trinajstić information content (AvgIpc) is 3.12. The summed E-state index contributed by atoms with van der Waals surface area (Å²) in [6.07, 6.45) is 4.08. The summed E-state index contributed by atoms with van der Waals surface area (Å²) in [5.74, 6) is 0.755. The molecule has 92 valence electrons. The molecule has 0 spiro atoms. The molecule has 0 atom stereocenters. The Morgan fingerprint density at radius 3 is 2.88 bits per heavy atom. The molecule has 0 bridgehead atoms. The molecule has 1 fully saturated rings. The molecule has 17 heavy (non-hydrogen) atoms. The Balaban J connectivity index is 2.18. The second kappa shape index (κ2) is 4.73. The molecule has 4 nitrogen and oxygen atoms in total. The molecule has 0 aromatic carbocycles. The number of aryl methyl sites for hydroxylation is 1. The molecule has 0 saturated heterocycles. The molecule has 1 aromatic heterocycles. The Labute approximate surface area is 102 Å². The van der Waals surface area contributed by atoms with Gasteiger partial charge < -0.3 is 10.6 Å². The number of nitrogens with two attached hydrogens (primary N) is 1. The number of rotatable bonds is 4. The van der Waals surface area contributed by atoms with Crippen molar-refractivity contribution < 1.29 is 4.79 Å². The van der Waals surface area contributed by atoms with Gasteiger partial charge in [0.25, 0.3) is 5.91 Å². The van der Waals surface area contributed by atoms with Crippen LogP contribution in [0.4, 0.5) is 5.69 Å². The summed E-state index contributed by atoms with van der Waals surface area (Å²) in [7, 11) is 0. The Kier molecular flexibility index (Phi) is 3.31. The summed E-state index contributed by atoms with van der Waals surface area (Å²) >= 11 is 0. The third kappa shape index (κ3) is 2.75. The second-order valence-electron chi connectivity index (χ2n) is 4.69. The molecule has 1 saturated carbocycles. The monoisotopic (exact) mass is 233 g/mol. The first kappa shape index (κ1) is 11.9. The van der Waals surface area contributed by atoms with E-state index in [1.165, 1.54) is 12.8 Å². The number of nitrogen functional groups attached to an aromatic ring is 1. The lowest BCUT2D eigenvalue weighted by Gasteiger charge is -2.21. The predicted molar refractivity (Wildman–Crippen MR) is 67.7 cm³/mol. The smallest absolute Gasteiger partial charge is 0.255 e. The first-order valence-corrected chi connectivity index (χ1v) is 6.13. The van der Waals surface area contributed by atoms with E-state index < -0.39 is 0 Å². The first-order valence-electron chi connectivity index (χ1n) is 6.13. The molecule has 1 aliphatic rings. The zero-order valence-corrected chi connectivity index (χ0v) is 10.4. The number of nitrogens with zero attached hydrogens (tertiary/aromatic N) is 2. The number of pyridine rings is 1. The lowest BCUT2D eigenvalue weighted by molar-refractivity contribution is 0.0755. The third-order valence-electron chi connectivity index (χ3n) is 3.18. The third-order valence-corrected chi connectivity index (χ3v) is 3.18. The van der Waals surface area contributed by atoms with Gasteiger partial charge in [-0.2, -0.15) is 0 Å². The van der Waals surface area contributed by atoms with Crippen molar-refractivity contribution in [1.82, 2.24) is 9.88 Å². The molecular formula is C13H19N3O. The summed E-state index contributed by atoms with van der Waals surface area (Å²) in [5.41, 5.74) is 7.61. The molecule has 1 amide bonds. The summed E-state index contributed by atoms with van der Waals surface area (Å²) in [6.45, 7) is 5.46. The molecule has 4 heteroatoms. The highest BCUT2D eigenvalue weighted by molar-refractivity contribution is 5.96. The van der Waals surface area contributed by atoms with Gasteiger partial charge in [-0.25, -0.2) is 0 Å². The van der Waals surface area contributed by atoms with Crippen molar-refractivity contribution >= 4 is 11.6 Å². The van der Waals surface area contributed by atoms with Gasteiger partial charge in [0.15, 0.2) is 0 Å². The number of aromatic nitrogens is 1. The largest absolute Gasteiger partial charge is 0.397 e. The van der Waals surface area contributed by atoms with E-state index in [2.05, 4.69) is 4.98 Å². The number of hydrogen-bond acceptors (Lipinski definition) is 3. The standard InChI is InChI=1S/C13H19N3O/c1-3-16(8-10-4-5-10)13(17)12-6-11(14)7-15-9(12)2/h6-7,10H,3-5,8,14H2,1-2H3. The zero-order chi connectivity index (χ0) is 12.4. The summed E-state index contributed by atoms with van der Waals surface area (Å²) in [6, 6.07) is 1.72. The van der Waals surface area contributed by atoms with Crippen molar-refractivity contribution in [2.75, 3.05) is 18.8 Å². The molecule has 1 aliphatic carbocycles. The van der Waals surface area contributed by atoms with Crippen LogP contribution in [0.5, 0.6) is 0 Å².